The summed E-state index contributed by atoms with van der Waals surface area (Å²) in [5.74, 6) is 0.175. The lowest BCUT2D eigenvalue weighted by Crippen LogP contribution is -2.19. The minimum atomic E-state index is -0.190. The van der Waals surface area contributed by atoms with E-state index in [9.17, 15) is 4.79 Å². The first-order chi connectivity index (χ1) is 12.7. The molecule has 1 aliphatic carbocycles. The van der Waals surface area contributed by atoms with Crippen LogP contribution in [0.5, 0.6) is 0 Å². The van der Waals surface area contributed by atoms with Crippen molar-refractivity contribution in [1.82, 2.24) is 5.32 Å². The Morgan fingerprint density at radius 2 is 1.89 bits per heavy atom. The summed E-state index contributed by atoms with van der Waals surface area (Å²) in [7, 11) is 0. The molecule has 1 aliphatic heterocycles. The third-order valence-electron chi connectivity index (χ3n) is 4.95. The molecular weight excluding hydrogens is 352 g/mol. The van der Waals surface area contributed by atoms with Gasteiger partial charge >= 0.3 is 0 Å². The molecule has 2 rings (SSSR count). The number of carbonyl (C=O) groups is 1. The molecule has 0 saturated carbocycles. The maximum Gasteiger partial charge on any atom is 0.289 e. The van der Waals surface area contributed by atoms with Crippen LogP contribution in [0, 0.1) is 10.8 Å². The van der Waals surface area contributed by atoms with Gasteiger partial charge in [0.2, 0.25) is 0 Å². The van der Waals surface area contributed by atoms with E-state index in [4.69, 9.17) is 5.41 Å². The lowest BCUT2D eigenvalue weighted by molar-refractivity contribution is 0.265. The third kappa shape index (κ3) is 6.24. The van der Waals surface area contributed by atoms with E-state index in [0.29, 0.717) is 4.91 Å². The largest absolute Gasteiger partial charge is 0.301 e. The van der Waals surface area contributed by atoms with Crippen LogP contribution in [0.25, 0.3) is 0 Å². The van der Waals surface area contributed by atoms with Crippen molar-refractivity contribution in [3.05, 3.63) is 69.7 Å². The van der Waals surface area contributed by atoms with E-state index in [0.717, 1.165) is 17.3 Å². The van der Waals surface area contributed by atoms with E-state index in [-0.39, 0.29) is 16.5 Å². The van der Waals surface area contributed by atoms with E-state index in [1.807, 2.05) is 31.2 Å². The highest BCUT2D eigenvalue weighted by atomic mass is 32.2. The van der Waals surface area contributed by atoms with Gasteiger partial charge < -0.3 is 5.32 Å². The molecule has 0 atom stereocenters. The van der Waals surface area contributed by atoms with E-state index in [1.54, 1.807) is 0 Å². The van der Waals surface area contributed by atoms with Gasteiger partial charge in [0.25, 0.3) is 5.24 Å². The number of carbonyl (C=O) groups excluding carboxylic acids is 1. The average Bonchev–Trinajstić information content (AvgIpc) is 2.89. The molecule has 0 spiro atoms. The van der Waals surface area contributed by atoms with Crippen molar-refractivity contribution < 1.29 is 4.79 Å². The van der Waals surface area contributed by atoms with Crippen molar-refractivity contribution in [3.8, 4) is 0 Å². The number of thioether (sulfide) groups is 1. The number of amides is 1. The van der Waals surface area contributed by atoms with Crippen LogP contribution in [0.1, 0.15) is 53.9 Å². The highest BCUT2D eigenvalue weighted by molar-refractivity contribution is 8.18. The van der Waals surface area contributed by atoms with Crippen LogP contribution in [-0.2, 0) is 0 Å². The summed E-state index contributed by atoms with van der Waals surface area (Å²) in [6.45, 7) is 11.0. The zero-order valence-corrected chi connectivity index (χ0v) is 17.8. The highest BCUT2D eigenvalue weighted by Gasteiger charge is 2.26. The van der Waals surface area contributed by atoms with Crippen molar-refractivity contribution in [3.63, 3.8) is 0 Å². The van der Waals surface area contributed by atoms with Gasteiger partial charge in [0.15, 0.2) is 0 Å². The van der Waals surface area contributed by atoms with Gasteiger partial charge in [0, 0.05) is 0 Å². The van der Waals surface area contributed by atoms with Gasteiger partial charge in [0.1, 0.15) is 5.84 Å². The number of hydrogen-bond donors (Lipinski definition) is 2. The summed E-state index contributed by atoms with van der Waals surface area (Å²) >= 11 is 1.06. The summed E-state index contributed by atoms with van der Waals surface area (Å²) in [4.78, 5) is 11.9. The van der Waals surface area contributed by atoms with Crippen molar-refractivity contribution in [2.75, 3.05) is 0 Å². The average molecular weight is 383 g/mol. The second kappa shape index (κ2) is 9.23. The van der Waals surface area contributed by atoms with Gasteiger partial charge in [-0.15, -0.1) is 0 Å². The second-order valence-electron chi connectivity index (χ2n) is 7.87. The fourth-order valence-corrected chi connectivity index (χ4v) is 3.99. The first-order valence-electron chi connectivity index (χ1n) is 9.38. The number of amidine groups is 1. The molecule has 0 aromatic rings. The van der Waals surface area contributed by atoms with Crippen molar-refractivity contribution in [2.45, 2.75) is 53.9 Å². The molecule has 1 saturated heterocycles. The van der Waals surface area contributed by atoms with Crippen molar-refractivity contribution >= 4 is 22.8 Å². The summed E-state index contributed by atoms with van der Waals surface area (Å²) in [6.07, 6.45) is 18.1. The zero-order valence-electron chi connectivity index (χ0n) is 17.0. The number of rotatable bonds is 5. The standard InChI is InChI=1S/C23H30N2OS/c1-16(11-13-19-18(3)10-7-15-23(19,4)5)8-6-9-17(2)12-14-20-21(24)25-22(26)27-20/h6,8-9,11-14H,7,10,15H2,1-5H3,(H2,24,25,26). The molecule has 0 aromatic carbocycles. The van der Waals surface area contributed by atoms with Gasteiger partial charge in [-0.3, -0.25) is 10.2 Å². The highest BCUT2D eigenvalue weighted by Crippen LogP contribution is 2.40. The lowest BCUT2D eigenvalue weighted by Gasteiger charge is -2.32. The van der Waals surface area contributed by atoms with Crippen LogP contribution in [0.15, 0.2) is 69.7 Å². The molecule has 2 aliphatic rings. The first-order valence-corrected chi connectivity index (χ1v) is 10.2. The monoisotopic (exact) mass is 382 g/mol. The summed E-state index contributed by atoms with van der Waals surface area (Å²) in [5, 5.41) is 9.94. The van der Waals surface area contributed by atoms with Crippen LogP contribution in [0.4, 0.5) is 4.79 Å². The number of allylic oxidation sites excluding steroid dienone is 11. The maximum absolute atomic E-state index is 11.2. The Morgan fingerprint density at radius 1 is 1.19 bits per heavy atom. The minimum Gasteiger partial charge on any atom is -0.301 e. The minimum absolute atomic E-state index is 0.175. The number of nitrogens with one attached hydrogen (secondary N) is 2. The Bertz CT molecular complexity index is 804. The summed E-state index contributed by atoms with van der Waals surface area (Å²) < 4.78 is 0. The van der Waals surface area contributed by atoms with E-state index in [2.05, 4.69) is 51.2 Å². The fraction of sp³-hybridized carbons (Fsp3) is 0.391. The SMILES string of the molecule is CC(C=CC1=C(C)CCCC1(C)C)=CC=CC(C)=CC=C1SC(=O)NC1=N. The molecule has 1 amide bonds. The predicted octanol–water partition coefficient (Wildman–Crippen LogP) is 6.84. The Labute approximate surface area is 167 Å². The second-order valence-corrected chi connectivity index (χ2v) is 8.88. The third-order valence-corrected chi connectivity index (χ3v) is 5.79. The Kier molecular flexibility index (Phi) is 7.25. The number of hydrogen-bond acceptors (Lipinski definition) is 3. The summed E-state index contributed by atoms with van der Waals surface area (Å²) in [6, 6.07) is 0. The normalized spacial score (nSPS) is 23.2. The molecule has 27 heavy (non-hydrogen) atoms. The van der Waals surface area contributed by atoms with Crippen molar-refractivity contribution in [1.29, 1.82) is 5.41 Å². The Balaban J connectivity index is 2.00. The molecule has 0 unspecified atom stereocenters. The molecule has 1 heterocycles. The fourth-order valence-electron chi connectivity index (χ4n) is 3.35. The molecule has 2 N–H and O–H groups in total. The first kappa shape index (κ1) is 21.2. The van der Waals surface area contributed by atoms with Crippen LogP contribution in [-0.4, -0.2) is 11.1 Å². The van der Waals surface area contributed by atoms with Crippen LogP contribution in [0.2, 0.25) is 0 Å². The quantitative estimate of drug-likeness (QED) is 0.512. The molecular formula is C23H30N2OS. The van der Waals surface area contributed by atoms with E-state index < -0.39 is 0 Å². The Hall–Kier alpha value is -2.07. The molecule has 4 heteroatoms. The van der Waals surface area contributed by atoms with Gasteiger partial charge in [-0.2, -0.15) is 0 Å². The topological polar surface area (TPSA) is 53.0 Å². The van der Waals surface area contributed by atoms with Crippen LogP contribution >= 0.6 is 11.8 Å². The van der Waals surface area contributed by atoms with E-state index >= 15 is 0 Å². The van der Waals surface area contributed by atoms with Crippen molar-refractivity contribution in [2.24, 2.45) is 5.41 Å². The summed E-state index contributed by atoms with van der Waals surface area (Å²) in [5.41, 5.74) is 5.54. The van der Waals surface area contributed by atoms with Gasteiger partial charge in [0.05, 0.1) is 4.91 Å². The maximum atomic E-state index is 11.2. The smallest absolute Gasteiger partial charge is 0.289 e. The van der Waals surface area contributed by atoms with Gasteiger partial charge in [-0.05, 0) is 68.9 Å². The zero-order chi connectivity index (χ0) is 20.0. The van der Waals surface area contributed by atoms with Gasteiger partial charge in [-0.1, -0.05) is 67.0 Å². The van der Waals surface area contributed by atoms with Crippen LogP contribution < -0.4 is 5.32 Å². The Morgan fingerprint density at radius 3 is 2.52 bits per heavy atom. The molecule has 0 radical (unpaired) electrons. The van der Waals surface area contributed by atoms with E-state index in [1.165, 1.54) is 36.0 Å². The van der Waals surface area contributed by atoms with Gasteiger partial charge in [-0.25, -0.2) is 0 Å². The molecule has 0 aromatic heterocycles. The molecule has 3 nitrogen and oxygen atoms in total. The van der Waals surface area contributed by atoms with Crippen LogP contribution in [0.3, 0.4) is 0 Å². The molecule has 1 fully saturated rings. The molecule has 0 bridgehead atoms. The molecule has 144 valence electrons. The predicted molar refractivity (Wildman–Crippen MR) is 118 cm³/mol. The lowest BCUT2D eigenvalue weighted by atomic mass is 9.72.